The summed E-state index contributed by atoms with van der Waals surface area (Å²) < 4.78 is 15.4. The second kappa shape index (κ2) is 7.44. The average Bonchev–Trinajstić information content (AvgIpc) is 2.83. The highest BCUT2D eigenvalue weighted by Gasteiger charge is 2.10. The van der Waals surface area contributed by atoms with Crippen molar-refractivity contribution in [2.24, 2.45) is 5.73 Å². The van der Waals surface area contributed by atoms with Crippen LogP contribution in [-0.4, -0.2) is 23.6 Å². The van der Waals surface area contributed by atoms with Crippen LogP contribution in [-0.2, 0) is 27.4 Å². The lowest BCUT2D eigenvalue weighted by Gasteiger charge is -2.07. The highest BCUT2D eigenvalue weighted by atomic mass is 16.5. The van der Waals surface area contributed by atoms with E-state index in [9.17, 15) is 9.59 Å². The van der Waals surface area contributed by atoms with E-state index in [-0.39, 0.29) is 6.42 Å². The molecule has 7 nitrogen and oxygen atoms in total. The summed E-state index contributed by atoms with van der Waals surface area (Å²) in [4.78, 5) is 22.0. The number of nitrogens with zero attached hydrogens (tertiary/aromatic N) is 1. The van der Waals surface area contributed by atoms with Gasteiger partial charge >= 0.3 is 5.97 Å². The molecule has 7 heteroatoms. The fraction of sp³-hybridized carbons (Fsp3) is 0.312. The molecule has 0 aliphatic rings. The molecule has 2 N–H and O–H groups in total. The molecular weight excluding hydrogens is 300 g/mol. The molecule has 0 radical (unpaired) electrons. The van der Waals surface area contributed by atoms with E-state index in [0.29, 0.717) is 12.4 Å². The predicted molar refractivity (Wildman–Crippen MR) is 80.6 cm³/mol. The number of nitrogens with two attached hydrogens (primary N) is 1. The zero-order valence-corrected chi connectivity index (χ0v) is 13.0. The van der Waals surface area contributed by atoms with Gasteiger partial charge in [-0.3, -0.25) is 9.59 Å². The van der Waals surface area contributed by atoms with Crippen LogP contribution in [0, 0.1) is 13.8 Å². The lowest BCUT2D eigenvalue weighted by Crippen LogP contribution is -2.21. The summed E-state index contributed by atoms with van der Waals surface area (Å²) in [5.74, 6) is 0.213. The van der Waals surface area contributed by atoms with Crippen molar-refractivity contribution in [2.45, 2.75) is 26.9 Å². The predicted octanol–water partition coefficient (Wildman–Crippen LogP) is 1.44. The van der Waals surface area contributed by atoms with Gasteiger partial charge in [-0.1, -0.05) is 17.3 Å². The Kier molecular flexibility index (Phi) is 5.35. The fourth-order valence-corrected chi connectivity index (χ4v) is 1.94. The first kappa shape index (κ1) is 16.5. The molecule has 0 fully saturated rings. The van der Waals surface area contributed by atoms with Gasteiger partial charge in [0.2, 0.25) is 0 Å². The number of amides is 1. The largest absolute Gasteiger partial charge is 0.489 e. The number of hydrogen-bond acceptors (Lipinski definition) is 6. The minimum Gasteiger partial charge on any atom is -0.489 e. The highest BCUT2D eigenvalue weighted by molar-refractivity contribution is 5.79. The van der Waals surface area contributed by atoms with E-state index < -0.39 is 18.5 Å². The first-order valence-corrected chi connectivity index (χ1v) is 7.03. The van der Waals surface area contributed by atoms with E-state index in [0.717, 1.165) is 22.6 Å². The van der Waals surface area contributed by atoms with Gasteiger partial charge in [0.05, 0.1) is 17.7 Å². The molecule has 1 amide bonds. The Morgan fingerprint density at radius 1 is 1.22 bits per heavy atom. The molecule has 0 bridgehead atoms. The van der Waals surface area contributed by atoms with Crippen molar-refractivity contribution in [1.29, 1.82) is 0 Å². The standard InChI is InChI=1S/C16H18N2O5/c1-10-14(11(2)23-18-10)8-21-13-5-3-12(4-6-13)7-16(20)22-9-15(17)19/h3-6H,7-9H2,1-2H3,(H2,17,19). The first-order valence-electron chi connectivity index (χ1n) is 7.03. The Hall–Kier alpha value is -2.83. The van der Waals surface area contributed by atoms with Gasteiger partial charge in [0.15, 0.2) is 6.61 Å². The number of esters is 1. The minimum atomic E-state index is -0.679. The zero-order valence-electron chi connectivity index (χ0n) is 13.0. The second-order valence-corrected chi connectivity index (χ2v) is 5.04. The Bertz CT molecular complexity index is 671. The SMILES string of the molecule is Cc1noc(C)c1COc1ccc(CC(=O)OCC(N)=O)cc1. The van der Waals surface area contributed by atoms with Crippen molar-refractivity contribution in [1.82, 2.24) is 5.16 Å². The summed E-state index contributed by atoms with van der Waals surface area (Å²) in [6.07, 6.45) is 0.0669. The lowest BCUT2D eigenvalue weighted by molar-refractivity contribution is -0.147. The van der Waals surface area contributed by atoms with Gasteiger partial charge in [-0.15, -0.1) is 0 Å². The summed E-state index contributed by atoms with van der Waals surface area (Å²) in [5.41, 5.74) is 7.38. The number of aromatic nitrogens is 1. The summed E-state index contributed by atoms with van der Waals surface area (Å²) in [7, 11) is 0. The van der Waals surface area contributed by atoms with Crippen LogP contribution in [0.25, 0.3) is 0 Å². The fourth-order valence-electron chi connectivity index (χ4n) is 1.94. The van der Waals surface area contributed by atoms with Crippen LogP contribution in [0.3, 0.4) is 0 Å². The molecule has 1 heterocycles. The van der Waals surface area contributed by atoms with Gasteiger partial charge in [0, 0.05) is 0 Å². The smallest absolute Gasteiger partial charge is 0.310 e. The number of rotatable bonds is 7. The number of carbonyl (C=O) groups excluding carboxylic acids is 2. The highest BCUT2D eigenvalue weighted by Crippen LogP contribution is 2.18. The van der Waals surface area contributed by atoms with Crippen LogP contribution in [0.1, 0.15) is 22.6 Å². The molecule has 0 aliphatic carbocycles. The zero-order chi connectivity index (χ0) is 16.8. The Morgan fingerprint density at radius 3 is 2.48 bits per heavy atom. The summed E-state index contributed by atoms with van der Waals surface area (Å²) in [5, 5.41) is 3.87. The molecule has 1 aromatic carbocycles. The number of benzene rings is 1. The molecule has 0 spiro atoms. The third-order valence-corrected chi connectivity index (χ3v) is 3.21. The molecule has 2 rings (SSSR count). The Labute approximate surface area is 133 Å². The third kappa shape index (κ3) is 4.84. The molecule has 1 aromatic heterocycles. The van der Waals surface area contributed by atoms with Gasteiger partial charge in [0.25, 0.3) is 5.91 Å². The van der Waals surface area contributed by atoms with Crippen molar-refractivity contribution in [2.75, 3.05) is 6.61 Å². The molecule has 0 saturated carbocycles. The maximum absolute atomic E-state index is 11.5. The molecule has 2 aromatic rings. The molecule has 122 valence electrons. The molecule has 0 saturated heterocycles. The summed E-state index contributed by atoms with van der Waals surface area (Å²) >= 11 is 0. The molecule has 0 unspecified atom stereocenters. The summed E-state index contributed by atoms with van der Waals surface area (Å²) in [6.45, 7) is 3.65. The van der Waals surface area contributed by atoms with Crippen LogP contribution in [0.4, 0.5) is 0 Å². The molecule has 0 atom stereocenters. The first-order chi connectivity index (χ1) is 11.0. The van der Waals surface area contributed by atoms with Gasteiger partial charge in [-0.05, 0) is 31.5 Å². The van der Waals surface area contributed by atoms with E-state index >= 15 is 0 Å². The van der Waals surface area contributed by atoms with Crippen molar-refractivity contribution >= 4 is 11.9 Å². The molecule has 0 aliphatic heterocycles. The van der Waals surface area contributed by atoms with E-state index in [1.807, 2.05) is 13.8 Å². The van der Waals surface area contributed by atoms with Crippen molar-refractivity contribution in [3.63, 3.8) is 0 Å². The van der Waals surface area contributed by atoms with Crippen LogP contribution in [0.15, 0.2) is 28.8 Å². The maximum Gasteiger partial charge on any atom is 0.310 e. The van der Waals surface area contributed by atoms with E-state index in [4.69, 9.17) is 19.7 Å². The van der Waals surface area contributed by atoms with Crippen molar-refractivity contribution < 1.29 is 23.6 Å². The van der Waals surface area contributed by atoms with Crippen LogP contribution in [0.5, 0.6) is 5.75 Å². The van der Waals surface area contributed by atoms with Crippen LogP contribution in [0.2, 0.25) is 0 Å². The third-order valence-electron chi connectivity index (χ3n) is 3.21. The number of ether oxygens (including phenoxy) is 2. The summed E-state index contributed by atoms with van der Waals surface area (Å²) in [6, 6.07) is 7.03. The van der Waals surface area contributed by atoms with E-state index in [1.54, 1.807) is 24.3 Å². The minimum absolute atomic E-state index is 0.0669. The quantitative estimate of drug-likeness (QED) is 0.775. The number of carbonyl (C=O) groups is 2. The van der Waals surface area contributed by atoms with Crippen LogP contribution >= 0.6 is 0 Å². The van der Waals surface area contributed by atoms with E-state index in [2.05, 4.69) is 5.16 Å². The molecule has 23 heavy (non-hydrogen) atoms. The Morgan fingerprint density at radius 2 is 1.91 bits per heavy atom. The topological polar surface area (TPSA) is 105 Å². The number of hydrogen-bond donors (Lipinski definition) is 1. The van der Waals surface area contributed by atoms with Gasteiger partial charge < -0.3 is 19.7 Å². The number of aryl methyl sites for hydroxylation is 2. The number of primary amides is 1. The van der Waals surface area contributed by atoms with Gasteiger partial charge in [0.1, 0.15) is 18.1 Å². The van der Waals surface area contributed by atoms with E-state index in [1.165, 1.54) is 0 Å². The van der Waals surface area contributed by atoms with Gasteiger partial charge in [-0.25, -0.2) is 0 Å². The Balaban J connectivity index is 1.87. The normalized spacial score (nSPS) is 10.3. The average molecular weight is 318 g/mol. The van der Waals surface area contributed by atoms with Gasteiger partial charge in [-0.2, -0.15) is 0 Å². The monoisotopic (exact) mass is 318 g/mol. The second-order valence-electron chi connectivity index (χ2n) is 5.04. The van der Waals surface area contributed by atoms with Crippen molar-refractivity contribution in [3.8, 4) is 5.75 Å². The molecular formula is C16H18N2O5. The lowest BCUT2D eigenvalue weighted by atomic mass is 10.1. The van der Waals surface area contributed by atoms with Crippen molar-refractivity contribution in [3.05, 3.63) is 46.8 Å². The van der Waals surface area contributed by atoms with Crippen LogP contribution < -0.4 is 10.5 Å². The maximum atomic E-state index is 11.5.